The topological polar surface area (TPSA) is 53.2 Å². The molecule has 1 amide bonds. The molecular weight excluding hydrogens is 472 g/mol. The van der Waals surface area contributed by atoms with Gasteiger partial charge in [-0.3, -0.25) is 4.79 Å². The first-order valence-electron chi connectivity index (χ1n) is 7.53. The molecule has 0 radical (unpaired) electrons. The minimum Gasteiger partial charge on any atom is -0.339 e. The Morgan fingerprint density at radius 3 is 2.26 bits per heavy atom. The summed E-state index contributed by atoms with van der Waals surface area (Å²) in [6, 6.07) is 11.8. The molecule has 0 saturated heterocycles. The van der Waals surface area contributed by atoms with Crippen LogP contribution < -0.4 is 16.0 Å². The van der Waals surface area contributed by atoms with Gasteiger partial charge in [0.25, 0.3) is 5.91 Å². The van der Waals surface area contributed by atoms with Crippen LogP contribution >= 0.6 is 70.2 Å². The van der Waals surface area contributed by atoms with E-state index in [9.17, 15) is 4.79 Å². The van der Waals surface area contributed by atoms with E-state index >= 15 is 0 Å². The predicted molar refractivity (Wildman–Crippen MR) is 119 cm³/mol. The van der Waals surface area contributed by atoms with Gasteiger partial charge in [-0.1, -0.05) is 75.7 Å². The second kappa shape index (κ2) is 9.50. The number of aryl methyl sites for hydroxylation is 1. The highest BCUT2D eigenvalue weighted by atomic mass is 35.6. The van der Waals surface area contributed by atoms with Crippen LogP contribution in [0.5, 0.6) is 0 Å². The normalized spacial score (nSPS) is 12.2. The first kappa shape index (κ1) is 22.3. The zero-order valence-corrected chi connectivity index (χ0v) is 18.4. The monoisotopic (exact) mass is 483 g/mol. The Balaban J connectivity index is 2.10. The van der Waals surface area contributed by atoms with E-state index in [0.29, 0.717) is 21.3 Å². The number of halogens is 5. The lowest BCUT2D eigenvalue weighted by Gasteiger charge is -2.28. The minimum absolute atomic E-state index is 0.0831. The lowest BCUT2D eigenvalue weighted by atomic mass is 10.1. The Labute approximate surface area is 187 Å². The summed E-state index contributed by atoms with van der Waals surface area (Å²) >= 11 is 35.2. The smallest absolute Gasteiger partial charge is 0.252 e. The van der Waals surface area contributed by atoms with Gasteiger partial charge in [-0.2, -0.15) is 0 Å². The van der Waals surface area contributed by atoms with E-state index in [1.54, 1.807) is 42.5 Å². The fourth-order valence-corrected chi connectivity index (χ4v) is 2.89. The second-order valence-corrected chi connectivity index (χ2v) is 9.16. The van der Waals surface area contributed by atoms with E-state index in [4.69, 9.17) is 70.2 Å². The highest BCUT2D eigenvalue weighted by Crippen LogP contribution is 2.30. The van der Waals surface area contributed by atoms with Crippen LogP contribution in [0.2, 0.25) is 10.0 Å². The summed E-state index contributed by atoms with van der Waals surface area (Å²) < 4.78 is -1.87. The molecule has 3 N–H and O–H groups in total. The molecule has 1 atom stereocenters. The largest absolute Gasteiger partial charge is 0.339 e. The molecule has 0 unspecified atom stereocenters. The van der Waals surface area contributed by atoms with Gasteiger partial charge in [0.1, 0.15) is 6.17 Å². The Hall–Kier alpha value is -0.950. The zero-order valence-electron chi connectivity index (χ0n) is 13.8. The van der Waals surface area contributed by atoms with Crippen LogP contribution in [0, 0.1) is 6.92 Å². The second-order valence-electron chi connectivity index (χ2n) is 5.54. The van der Waals surface area contributed by atoms with Crippen LogP contribution in [0.15, 0.2) is 42.5 Å². The van der Waals surface area contributed by atoms with E-state index < -0.39 is 15.9 Å². The van der Waals surface area contributed by atoms with Crippen LogP contribution in [0.4, 0.5) is 5.69 Å². The van der Waals surface area contributed by atoms with Gasteiger partial charge in [0.15, 0.2) is 5.11 Å². The number of carbonyl (C=O) groups excluding carboxylic acids is 1. The van der Waals surface area contributed by atoms with Gasteiger partial charge >= 0.3 is 0 Å². The number of rotatable bonds is 4. The van der Waals surface area contributed by atoms with E-state index in [-0.39, 0.29) is 5.11 Å². The molecule has 0 saturated carbocycles. The number of thiocarbonyl (C=S) groups is 1. The molecule has 144 valence electrons. The van der Waals surface area contributed by atoms with Crippen molar-refractivity contribution in [2.45, 2.75) is 16.9 Å². The van der Waals surface area contributed by atoms with E-state index in [1.807, 2.05) is 6.92 Å². The number of hydrogen-bond acceptors (Lipinski definition) is 2. The lowest BCUT2D eigenvalue weighted by molar-refractivity contribution is 0.0934. The average Bonchev–Trinajstić information content (AvgIpc) is 2.57. The first-order chi connectivity index (χ1) is 12.6. The molecule has 0 aromatic heterocycles. The summed E-state index contributed by atoms with van der Waals surface area (Å²) in [6.45, 7) is 1.92. The molecule has 27 heavy (non-hydrogen) atoms. The number of nitrogens with one attached hydrogen (secondary N) is 3. The number of alkyl halides is 3. The van der Waals surface area contributed by atoms with Crippen LogP contribution in [0.3, 0.4) is 0 Å². The number of hydrogen-bond donors (Lipinski definition) is 3. The van der Waals surface area contributed by atoms with Crippen molar-refractivity contribution in [1.82, 2.24) is 10.6 Å². The SMILES string of the molecule is Cc1ccc(C(=O)N[C@@H](NC(=S)Nc2cc(Cl)ccc2Cl)C(Cl)(Cl)Cl)cc1. The van der Waals surface area contributed by atoms with Crippen LogP contribution in [-0.4, -0.2) is 21.0 Å². The summed E-state index contributed by atoms with van der Waals surface area (Å²) in [6.07, 6.45) is -1.10. The maximum atomic E-state index is 12.4. The minimum atomic E-state index is -1.87. The molecule has 0 aliphatic heterocycles. The zero-order chi connectivity index (χ0) is 20.2. The molecule has 2 rings (SSSR count). The molecule has 4 nitrogen and oxygen atoms in total. The van der Waals surface area contributed by atoms with Crippen molar-refractivity contribution in [3.8, 4) is 0 Å². The van der Waals surface area contributed by atoms with Crippen LogP contribution in [0.1, 0.15) is 15.9 Å². The highest BCUT2D eigenvalue weighted by Gasteiger charge is 2.35. The van der Waals surface area contributed by atoms with Gasteiger partial charge in [0.05, 0.1) is 10.7 Å². The molecular formula is C17H14Cl5N3OS. The number of anilines is 1. The summed E-state index contributed by atoms with van der Waals surface area (Å²) in [5, 5.41) is 9.16. The van der Waals surface area contributed by atoms with Crippen molar-refractivity contribution in [1.29, 1.82) is 0 Å². The molecule has 0 bridgehead atoms. The molecule has 10 heteroatoms. The van der Waals surface area contributed by atoms with Crippen molar-refractivity contribution < 1.29 is 4.79 Å². The Kier molecular flexibility index (Phi) is 7.86. The first-order valence-corrected chi connectivity index (χ1v) is 9.83. The van der Waals surface area contributed by atoms with Gasteiger partial charge in [-0.15, -0.1) is 0 Å². The van der Waals surface area contributed by atoms with Crippen molar-refractivity contribution in [2.24, 2.45) is 0 Å². The number of amides is 1. The number of carbonyl (C=O) groups is 1. The fraction of sp³-hybridized carbons (Fsp3) is 0.176. The van der Waals surface area contributed by atoms with Crippen LogP contribution in [-0.2, 0) is 0 Å². The van der Waals surface area contributed by atoms with E-state index in [1.165, 1.54) is 0 Å². The van der Waals surface area contributed by atoms with Gasteiger partial charge in [-0.25, -0.2) is 0 Å². The van der Waals surface area contributed by atoms with Gasteiger partial charge in [-0.05, 0) is 49.5 Å². The van der Waals surface area contributed by atoms with Gasteiger partial charge < -0.3 is 16.0 Å². The van der Waals surface area contributed by atoms with E-state index in [0.717, 1.165) is 5.56 Å². The highest BCUT2D eigenvalue weighted by molar-refractivity contribution is 7.80. The van der Waals surface area contributed by atoms with Gasteiger partial charge in [0, 0.05) is 10.6 Å². The van der Waals surface area contributed by atoms with Crippen molar-refractivity contribution in [3.63, 3.8) is 0 Å². The molecule has 0 aliphatic rings. The third-order valence-electron chi connectivity index (χ3n) is 3.37. The molecule has 0 aliphatic carbocycles. The summed E-state index contributed by atoms with van der Waals surface area (Å²) in [4.78, 5) is 12.4. The maximum absolute atomic E-state index is 12.4. The number of benzene rings is 2. The average molecular weight is 486 g/mol. The standard InChI is InChI=1S/C17H14Cl5N3OS/c1-9-2-4-10(5-3-9)14(26)24-15(17(20,21)22)25-16(27)23-13-8-11(18)6-7-12(13)19/h2-8,15H,1H3,(H,24,26)(H2,23,25,27)/t15-/m0/s1. The van der Waals surface area contributed by atoms with Crippen LogP contribution in [0.25, 0.3) is 0 Å². The molecule has 0 spiro atoms. The molecule has 2 aromatic carbocycles. The lowest BCUT2D eigenvalue weighted by Crippen LogP contribution is -2.56. The Morgan fingerprint density at radius 2 is 1.67 bits per heavy atom. The maximum Gasteiger partial charge on any atom is 0.252 e. The third kappa shape index (κ3) is 6.86. The Morgan fingerprint density at radius 1 is 1.04 bits per heavy atom. The summed E-state index contributed by atoms with van der Waals surface area (Å²) in [7, 11) is 0. The molecule has 2 aromatic rings. The molecule has 0 fully saturated rings. The van der Waals surface area contributed by atoms with E-state index in [2.05, 4.69) is 16.0 Å². The van der Waals surface area contributed by atoms with Crippen molar-refractivity contribution in [3.05, 3.63) is 63.6 Å². The molecule has 0 heterocycles. The third-order valence-corrected chi connectivity index (χ3v) is 4.81. The van der Waals surface area contributed by atoms with Crippen molar-refractivity contribution >= 4 is 86.9 Å². The quantitative estimate of drug-likeness (QED) is 0.295. The predicted octanol–water partition coefficient (Wildman–Crippen LogP) is 5.71. The fourth-order valence-electron chi connectivity index (χ4n) is 2.00. The van der Waals surface area contributed by atoms with Crippen molar-refractivity contribution in [2.75, 3.05) is 5.32 Å². The summed E-state index contributed by atoms with van der Waals surface area (Å²) in [5.41, 5.74) is 1.90. The van der Waals surface area contributed by atoms with Gasteiger partial charge in [0.2, 0.25) is 3.79 Å². The Bertz CT molecular complexity index is 839. The summed E-state index contributed by atoms with van der Waals surface area (Å²) in [5.74, 6) is -0.428.